The number of alkyl halides is 1. The molecule has 2 heterocycles. The van der Waals surface area contributed by atoms with Crippen LogP contribution >= 0.6 is 11.6 Å². The highest BCUT2D eigenvalue weighted by Crippen LogP contribution is 2.47. The van der Waals surface area contributed by atoms with E-state index in [2.05, 4.69) is 15.0 Å². The maximum atomic E-state index is 12.8. The van der Waals surface area contributed by atoms with E-state index in [1.54, 1.807) is 6.20 Å². The summed E-state index contributed by atoms with van der Waals surface area (Å²) in [5, 5.41) is 1.19. The van der Waals surface area contributed by atoms with Gasteiger partial charge < -0.3 is 4.98 Å². The standard InChI is InChI=1S/C10H9ClFN3/c11-7-6-1-4-13-8(6)15-9(14-7)10(5-12)2-3-10/h1,4H,2-3,5H2,(H,13,14,15). The molecular formula is C10H9ClFN3. The molecule has 5 heteroatoms. The van der Waals surface area contributed by atoms with Gasteiger partial charge in [0.2, 0.25) is 0 Å². The van der Waals surface area contributed by atoms with E-state index in [1.807, 2.05) is 6.07 Å². The first-order chi connectivity index (χ1) is 7.25. The van der Waals surface area contributed by atoms with Gasteiger partial charge in [-0.3, -0.25) is 0 Å². The highest BCUT2D eigenvalue weighted by molar-refractivity contribution is 6.33. The van der Waals surface area contributed by atoms with E-state index in [9.17, 15) is 4.39 Å². The van der Waals surface area contributed by atoms with Crippen molar-refractivity contribution < 1.29 is 4.39 Å². The van der Waals surface area contributed by atoms with E-state index < -0.39 is 12.1 Å². The summed E-state index contributed by atoms with van der Waals surface area (Å²) in [5.74, 6) is 0.532. The molecule has 15 heavy (non-hydrogen) atoms. The van der Waals surface area contributed by atoms with Crippen molar-refractivity contribution in [3.8, 4) is 0 Å². The Hall–Kier alpha value is -1.16. The largest absolute Gasteiger partial charge is 0.346 e. The molecule has 1 N–H and O–H groups in total. The summed E-state index contributed by atoms with van der Waals surface area (Å²) in [7, 11) is 0. The lowest BCUT2D eigenvalue weighted by Crippen LogP contribution is -2.14. The van der Waals surface area contributed by atoms with Crippen LogP contribution in [0.25, 0.3) is 11.0 Å². The van der Waals surface area contributed by atoms with Gasteiger partial charge in [-0.05, 0) is 18.9 Å². The number of H-pyrrole nitrogens is 1. The van der Waals surface area contributed by atoms with Crippen molar-refractivity contribution in [3.63, 3.8) is 0 Å². The Labute approximate surface area is 90.7 Å². The summed E-state index contributed by atoms with van der Waals surface area (Å²) >= 11 is 6.00. The molecule has 1 aliphatic rings. The van der Waals surface area contributed by atoms with E-state index >= 15 is 0 Å². The molecule has 3 nitrogen and oxygen atoms in total. The van der Waals surface area contributed by atoms with Crippen molar-refractivity contribution in [2.24, 2.45) is 0 Å². The summed E-state index contributed by atoms with van der Waals surface area (Å²) in [6.45, 7) is -0.407. The average molecular weight is 226 g/mol. The second-order valence-corrected chi connectivity index (χ2v) is 4.35. The Bertz CT molecular complexity index is 518. The molecule has 0 unspecified atom stereocenters. The van der Waals surface area contributed by atoms with E-state index in [0.29, 0.717) is 16.6 Å². The minimum absolute atomic E-state index is 0.399. The van der Waals surface area contributed by atoms with Gasteiger partial charge in [0.05, 0.1) is 10.8 Å². The van der Waals surface area contributed by atoms with Crippen LogP contribution in [0.5, 0.6) is 0 Å². The number of rotatable bonds is 2. The van der Waals surface area contributed by atoms with Crippen molar-refractivity contribution in [2.45, 2.75) is 18.3 Å². The fourth-order valence-corrected chi connectivity index (χ4v) is 1.94. The normalized spacial score (nSPS) is 18.3. The van der Waals surface area contributed by atoms with Gasteiger partial charge in [0.1, 0.15) is 23.3 Å². The molecule has 78 valence electrons. The van der Waals surface area contributed by atoms with Crippen LogP contribution in [-0.4, -0.2) is 21.6 Å². The van der Waals surface area contributed by atoms with Crippen LogP contribution < -0.4 is 0 Å². The number of halogens is 2. The van der Waals surface area contributed by atoms with Crippen LogP contribution in [0, 0.1) is 0 Å². The van der Waals surface area contributed by atoms with E-state index in [-0.39, 0.29) is 0 Å². The molecule has 0 saturated heterocycles. The summed E-state index contributed by atoms with van der Waals surface area (Å²) in [6, 6.07) is 1.82. The monoisotopic (exact) mass is 225 g/mol. The second-order valence-electron chi connectivity index (χ2n) is 3.99. The number of hydrogen-bond acceptors (Lipinski definition) is 2. The van der Waals surface area contributed by atoms with Crippen LogP contribution in [0.4, 0.5) is 4.39 Å². The predicted octanol–water partition coefficient (Wildman–Crippen LogP) is 2.61. The Morgan fingerprint density at radius 2 is 2.27 bits per heavy atom. The highest BCUT2D eigenvalue weighted by Gasteiger charge is 2.47. The van der Waals surface area contributed by atoms with Gasteiger partial charge in [-0.2, -0.15) is 0 Å². The lowest BCUT2D eigenvalue weighted by molar-refractivity contribution is 0.406. The zero-order valence-corrected chi connectivity index (χ0v) is 8.68. The minimum Gasteiger partial charge on any atom is -0.346 e. The smallest absolute Gasteiger partial charge is 0.142 e. The molecule has 1 aliphatic carbocycles. The molecule has 0 atom stereocenters. The van der Waals surface area contributed by atoms with Crippen molar-refractivity contribution in [2.75, 3.05) is 6.67 Å². The molecule has 0 bridgehead atoms. The molecule has 0 aliphatic heterocycles. The van der Waals surface area contributed by atoms with E-state index in [0.717, 1.165) is 18.2 Å². The number of hydrogen-bond donors (Lipinski definition) is 1. The number of nitrogens with one attached hydrogen (secondary N) is 1. The maximum Gasteiger partial charge on any atom is 0.142 e. The Kier molecular flexibility index (Phi) is 1.77. The van der Waals surface area contributed by atoms with Gasteiger partial charge in [-0.15, -0.1) is 0 Å². The Morgan fingerprint density at radius 1 is 1.47 bits per heavy atom. The average Bonchev–Trinajstić information content (AvgIpc) is 2.90. The second kappa shape index (κ2) is 2.92. The molecule has 0 aromatic carbocycles. The number of aromatic amines is 1. The van der Waals surface area contributed by atoms with Crippen LogP contribution in [0.15, 0.2) is 12.3 Å². The van der Waals surface area contributed by atoms with Crippen molar-refractivity contribution in [1.82, 2.24) is 15.0 Å². The zero-order chi connectivity index (χ0) is 10.5. The fourth-order valence-electron chi connectivity index (χ4n) is 1.71. The van der Waals surface area contributed by atoms with E-state index in [4.69, 9.17) is 11.6 Å². The zero-order valence-electron chi connectivity index (χ0n) is 7.93. The highest BCUT2D eigenvalue weighted by atomic mass is 35.5. The minimum atomic E-state index is -0.455. The van der Waals surface area contributed by atoms with Gasteiger partial charge in [0.15, 0.2) is 0 Å². The molecule has 2 aromatic rings. The van der Waals surface area contributed by atoms with Gasteiger partial charge >= 0.3 is 0 Å². The van der Waals surface area contributed by atoms with Crippen LogP contribution in [-0.2, 0) is 5.41 Å². The topological polar surface area (TPSA) is 41.6 Å². The number of aromatic nitrogens is 3. The third-order valence-corrected chi connectivity index (χ3v) is 3.24. The lowest BCUT2D eigenvalue weighted by Gasteiger charge is -2.08. The SMILES string of the molecule is FCC1(c2nc(Cl)c3cc[nH]c3n2)CC1. The summed E-state index contributed by atoms with van der Waals surface area (Å²) < 4.78 is 12.8. The van der Waals surface area contributed by atoms with Crippen molar-refractivity contribution in [3.05, 3.63) is 23.2 Å². The predicted molar refractivity (Wildman–Crippen MR) is 55.8 cm³/mol. The molecule has 0 radical (unpaired) electrons. The van der Waals surface area contributed by atoms with Crippen molar-refractivity contribution >= 4 is 22.6 Å². The first-order valence-corrected chi connectivity index (χ1v) is 5.20. The van der Waals surface area contributed by atoms with Crippen molar-refractivity contribution in [1.29, 1.82) is 0 Å². The Balaban J connectivity index is 2.20. The molecular weight excluding hydrogens is 217 g/mol. The van der Waals surface area contributed by atoms with Crippen LogP contribution in [0.3, 0.4) is 0 Å². The van der Waals surface area contributed by atoms with Gasteiger partial charge in [0.25, 0.3) is 0 Å². The lowest BCUT2D eigenvalue weighted by atomic mass is 10.1. The summed E-state index contributed by atoms with van der Waals surface area (Å²) in [5.41, 5.74) is 0.230. The van der Waals surface area contributed by atoms with Crippen LogP contribution in [0.1, 0.15) is 18.7 Å². The van der Waals surface area contributed by atoms with E-state index in [1.165, 1.54) is 0 Å². The molecule has 1 fully saturated rings. The Morgan fingerprint density at radius 3 is 2.93 bits per heavy atom. The summed E-state index contributed by atoms with van der Waals surface area (Å²) in [6.07, 6.45) is 3.38. The molecule has 0 spiro atoms. The van der Waals surface area contributed by atoms with Gasteiger partial charge in [-0.1, -0.05) is 11.6 Å². The molecule has 3 rings (SSSR count). The molecule has 0 amide bonds. The van der Waals surface area contributed by atoms with Gasteiger partial charge in [-0.25, -0.2) is 14.4 Å². The number of fused-ring (bicyclic) bond motifs is 1. The van der Waals surface area contributed by atoms with Crippen LogP contribution in [0.2, 0.25) is 5.15 Å². The quantitative estimate of drug-likeness (QED) is 0.799. The molecule has 1 saturated carbocycles. The third kappa shape index (κ3) is 1.24. The first-order valence-electron chi connectivity index (χ1n) is 4.82. The number of nitrogens with zero attached hydrogens (tertiary/aromatic N) is 2. The fraction of sp³-hybridized carbons (Fsp3) is 0.400. The third-order valence-electron chi connectivity index (χ3n) is 2.95. The molecule has 2 aromatic heterocycles. The van der Waals surface area contributed by atoms with Gasteiger partial charge in [0, 0.05) is 6.20 Å². The summed E-state index contributed by atoms with van der Waals surface area (Å²) in [4.78, 5) is 11.4. The maximum absolute atomic E-state index is 12.8. The first kappa shape index (κ1) is 9.09.